The highest BCUT2D eigenvalue weighted by Gasteiger charge is 2.13. The van der Waals surface area contributed by atoms with Gasteiger partial charge in [0.1, 0.15) is 5.82 Å². The van der Waals surface area contributed by atoms with Crippen LogP contribution < -0.4 is 0 Å². The third-order valence-corrected chi connectivity index (χ3v) is 2.04. The molecule has 1 N–H and O–H groups in total. The molecule has 1 rings (SSSR count). The summed E-state index contributed by atoms with van der Waals surface area (Å²) in [4.78, 5) is 31.2. The van der Waals surface area contributed by atoms with E-state index in [2.05, 4.69) is 9.97 Å². The zero-order valence-electron chi connectivity index (χ0n) is 9.17. The lowest BCUT2D eigenvalue weighted by atomic mass is 10.3. The second-order valence-electron chi connectivity index (χ2n) is 3.39. The summed E-state index contributed by atoms with van der Waals surface area (Å²) in [7, 11) is 1.55. The number of aryl methyl sites for hydroxylation is 1. The Kier molecular flexibility index (Phi) is 3.93. The number of hydrogen-bond donors (Lipinski definition) is 1. The van der Waals surface area contributed by atoms with Crippen molar-refractivity contribution in [2.45, 2.75) is 13.3 Å². The molecule has 0 spiro atoms. The molecule has 1 heterocycles. The van der Waals surface area contributed by atoms with Crippen LogP contribution in [0.5, 0.6) is 0 Å². The topological polar surface area (TPSA) is 83.4 Å². The molecule has 1 aromatic rings. The third kappa shape index (κ3) is 3.30. The largest absolute Gasteiger partial charge is 0.481 e. The van der Waals surface area contributed by atoms with Crippen molar-refractivity contribution in [3.8, 4) is 0 Å². The maximum absolute atomic E-state index is 11.7. The summed E-state index contributed by atoms with van der Waals surface area (Å²) in [5.41, 5.74) is 0.360. The Bertz CT molecular complexity index is 389. The summed E-state index contributed by atoms with van der Waals surface area (Å²) in [6.45, 7) is 1.89. The van der Waals surface area contributed by atoms with Gasteiger partial charge in [-0.15, -0.1) is 0 Å². The normalized spacial score (nSPS) is 9.88. The maximum Gasteiger partial charge on any atom is 0.305 e. The van der Waals surface area contributed by atoms with E-state index in [1.807, 2.05) is 0 Å². The van der Waals surface area contributed by atoms with E-state index in [1.165, 1.54) is 17.3 Å². The molecule has 0 aliphatic carbocycles. The first-order chi connectivity index (χ1) is 7.50. The third-order valence-electron chi connectivity index (χ3n) is 2.04. The van der Waals surface area contributed by atoms with Crippen LogP contribution in [0.25, 0.3) is 0 Å². The lowest BCUT2D eigenvalue weighted by Crippen LogP contribution is -2.29. The fraction of sp³-hybridized carbons (Fsp3) is 0.400. The number of hydrogen-bond acceptors (Lipinski definition) is 4. The van der Waals surface area contributed by atoms with Crippen molar-refractivity contribution in [2.75, 3.05) is 13.6 Å². The van der Waals surface area contributed by atoms with Crippen LogP contribution >= 0.6 is 0 Å². The van der Waals surface area contributed by atoms with Crippen LogP contribution in [0, 0.1) is 6.92 Å². The summed E-state index contributed by atoms with van der Waals surface area (Å²) in [5, 5.41) is 8.49. The van der Waals surface area contributed by atoms with Crippen LogP contribution in [0.4, 0.5) is 0 Å². The first kappa shape index (κ1) is 12.1. The average molecular weight is 223 g/mol. The number of carboxylic acid groups (broad SMARTS) is 1. The Balaban J connectivity index is 2.63. The molecule has 6 heteroatoms. The minimum atomic E-state index is -0.931. The fourth-order valence-corrected chi connectivity index (χ4v) is 1.09. The summed E-state index contributed by atoms with van der Waals surface area (Å²) in [5.74, 6) is -0.620. The highest BCUT2D eigenvalue weighted by atomic mass is 16.4. The molecule has 0 aromatic carbocycles. The van der Waals surface area contributed by atoms with Gasteiger partial charge in [-0.25, -0.2) is 9.97 Å². The Morgan fingerprint density at radius 3 is 2.44 bits per heavy atom. The van der Waals surface area contributed by atoms with Crippen LogP contribution in [-0.4, -0.2) is 45.4 Å². The van der Waals surface area contributed by atoms with Gasteiger partial charge in [-0.1, -0.05) is 0 Å². The van der Waals surface area contributed by atoms with E-state index in [-0.39, 0.29) is 18.9 Å². The van der Waals surface area contributed by atoms with E-state index < -0.39 is 5.97 Å². The molecule has 0 saturated heterocycles. The molecule has 1 aromatic heterocycles. The van der Waals surface area contributed by atoms with Crippen molar-refractivity contribution >= 4 is 11.9 Å². The standard InChI is InChI=1S/C10H13N3O3/c1-7-11-5-8(6-12-7)10(16)13(2)4-3-9(14)15/h5-6H,3-4H2,1-2H3,(H,14,15). The molecule has 6 nitrogen and oxygen atoms in total. The number of carboxylic acids is 1. The molecule has 0 unspecified atom stereocenters. The summed E-state index contributed by atoms with van der Waals surface area (Å²) >= 11 is 0. The minimum Gasteiger partial charge on any atom is -0.481 e. The Hall–Kier alpha value is -1.98. The highest BCUT2D eigenvalue weighted by Crippen LogP contribution is 2.01. The van der Waals surface area contributed by atoms with Crippen molar-refractivity contribution in [1.82, 2.24) is 14.9 Å². The maximum atomic E-state index is 11.7. The number of carbonyl (C=O) groups excluding carboxylic acids is 1. The van der Waals surface area contributed by atoms with Gasteiger partial charge < -0.3 is 10.0 Å². The highest BCUT2D eigenvalue weighted by molar-refractivity contribution is 5.93. The fourth-order valence-electron chi connectivity index (χ4n) is 1.09. The van der Waals surface area contributed by atoms with E-state index in [0.717, 1.165) is 0 Å². The molecule has 16 heavy (non-hydrogen) atoms. The van der Waals surface area contributed by atoms with Crippen LogP contribution in [0.2, 0.25) is 0 Å². The molecule has 0 bridgehead atoms. The number of carbonyl (C=O) groups is 2. The first-order valence-corrected chi connectivity index (χ1v) is 4.76. The van der Waals surface area contributed by atoms with Crippen molar-refractivity contribution in [2.24, 2.45) is 0 Å². The van der Waals surface area contributed by atoms with Gasteiger partial charge in [0.25, 0.3) is 5.91 Å². The molecule has 0 saturated carbocycles. The van der Waals surface area contributed by atoms with E-state index in [9.17, 15) is 9.59 Å². The van der Waals surface area contributed by atoms with Crippen LogP contribution in [0.1, 0.15) is 22.6 Å². The summed E-state index contributed by atoms with van der Waals surface area (Å²) < 4.78 is 0. The van der Waals surface area contributed by atoms with Crippen LogP contribution in [0.15, 0.2) is 12.4 Å². The molecule has 0 atom stereocenters. The number of nitrogens with zero attached hydrogens (tertiary/aromatic N) is 3. The average Bonchev–Trinajstić information content (AvgIpc) is 2.26. The van der Waals surface area contributed by atoms with E-state index in [0.29, 0.717) is 11.4 Å². The predicted octanol–water partition coefficient (Wildman–Crippen LogP) is 0.332. The second kappa shape index (κ2) is 5.20. The SMILES string of the molecule is Cc1ncc(C(=O)N(C)CCC(=O)O)cn1. The molecule has 0 radical (unpaired) electrons. The Morgan fingerprint density at radius 2 is 1.94 bits per heavy atom. The summed E-state index contributed by atoms with van der Waals surface area (Å²) in [6, 6.07) is 0. The predicted molar refractivity (Wildman–Crippen MR) is 56.0 cm³/mol. The number of aromatic nitrogens is 2. The Labute approximate surface area is 92.9 Å². The first-order valence-electron chi connectivity index (χ1n) is 4.76. The van der Waals surface area contributed by atoms with Crippen molar-refractivity contribution in [1.29, 1.82) is 0 Å². The second-order valence-corrected chi connectivity index (χ2v) is 3.39. The molecule has 86 valence electrons. The monoisotopic (exact) mass is 223 g/mol. The lowest BCUT2D eigenvalue weighted by Gasteiger charge is -2.15. The van der Waals surface area contributed by atoms with Crippen molar-refractivity contribution in [3.63, 3.8) is 0 Å². The smallest absolute Gasteiger partial charge is 0.305 e. The van der Waals surface area contributed by atoms with Gasteiger partial charge in [0.2, 0.25) is 0 Å². The zero-order chi connectivity index (χ0) is 12.1. The lowest BCUT2D eigenvalue weighted by molar-refractivity contribution is -0.137. The van der Waals surface area contributed by atoms with Gasteiger partial charge >= 0.3 is 5.97 Å². The Morgan fingerprint density at radius 1 is 1.38 bits per heavy atom. The van der Waals surface area contributed by atoms with Gasteiger partial charge in [-0.3, -0.25) is 9.59 Å². The number of aliphatic carboxylic acids is 1. The van der Waals surface area contributed by atoms with E-state index >= 15 is 0 Å². The van der Waals surface area contributed by atoms with Crippen molar-refractivity contribution < 1.29 is 14.7 Å². The van der Waals surface area contributed by atoms with Crippen LogP contribution in [-0.2, 0) is 4.79 Å². The number of amides is 1. The molecule has 0 aliphatic rings. The van der Waals surface area contributed by atoms with E-state index in [1.54, 1.807) is 14.0 Å². The van der Waals surface area contributed by atoms with Crippen LogP contribution in [0.3, 0.4) is 0 Å². The molecular weight excluding hydrogens is 210 g/mol. The quantitative estimate of drug-likeness (QED) is 0.795. The van der Waals surface area contributed by atoms with Gasteiger partial charge in [0, 0.05) is 26.0 Å². The van der Waals surface area contributed by atoms with Gasteiger partial charge in [-0.05, 0) is 6.92 Å². The minimum absolute atomic E-state index is 0.0744. The van der Waals surface area contributed by atoms with Crippen molar-refractivity contribution in [3.05, 3.63) is 23.8 Å². The van der Waals surface area contributed by atoms with Gasteiger partial charge in [0.15, 0.2) is 0 Å². The van der Waals surface area contributed by atoms with E-state index in [4.69, 9.17) is 5.11 Å². The molecule has 1 amide bonds. The zero-order valence-corrected chi connectivity index (χ0v) is 9.17. The van der Waals surface area contributed by atoms with Gasteiger partial charge in [-0.2, -0.15) is 0 Å². The summed E-state index contributed by atoms with van der Waals surface area (Å²) in [6.07, 6.45) is 2.79. The number of rotatable bonds is 4. The molecule has 0 fully saturated rings. The molecule has 0 aliphatic heterocycles. The molecular formula is C10H13N3O3. The van der Waals surface area contributed by atoms with Gasteiger partial charge in [0.05, 0.1) is 12.0 Å².